The smallest absolute Gasteiger partial charge is 0.0534 e. The van der Waals surface area contributed by atoms with E-state index in [-0.39, 0.29) is 12.4 Å². The first-order valence-electron chi connectivity index (χ1n) is 6.70. The fourth-order valence-corrected chi connectivity index (χ4v) is 2.81. The van der Waals surface area contributed by atoms with Crippen LogP contribution in [-0.4, -0.2) is 33.8 Å². The molecule has 1 aromatic heterocycles. The molecule has 1 aliphatic heterocycles. The maximum absolute atomic E-state index is 5.91. The van der Waals surface area contributed by atoms with Crippen LogP contribution in [0.4, 0.5) is 0 Å². The molecule has 18 heavy (non-hydrogen) atoms. The molecule has 1 saturated heterocycles. The average molecular weight is 273 g/mol. The van der Waals surface area contributed by atoms with Crippen molar-refractivity contribution in [2.24, 2.45) is 11.7 Å². The van der Waals surface area contributed by atoms with Gasteiger partial charge in [-0.2, -0.15) is 5.10 Å². The molecule has 5 heteroatoms. The summed E-state index contributed by atoms with van der Waals surface area (Å²) < 4.78 is 1.99. The Morgan fingerprint density at radius 1 is 1.50 bits per heavy atom. The molecule has 0 bridgehead atoms. The summed E-state index contributed by atoms with van der Waals surface area (Å²) in [7, 11) is 0. The molecule has 2 atom stereocenters. The highest BCUT2D eigenvalue weighted by molar-refractivity contribution is 5.85. The predicted molar refractivity (Wildman–Crippen MR) is 76.8 cm³/mol. The van der Waals surface area contributed by atoms with Crippen LogP contribution in [0.15, 0.2) is 12.4 Å². The van der Waals surface area contributed by atoms with E-state index in [1.165, 1.54) is 24.9 Å². The molecule has 1 aliphatic rings. The van der Waals surface area contributed by atoms with Crippen LogP contribution in [0.5, 0.6) is 0 Å². The van der Waals surface area contributed by atoms with Gasteiger partial charge in [-0.05, 0) is 32.2 Å². The Balaban J connectivity index is 0.00000162. The minimum atomic E-state index is 0. The van der Waals surface area contributed by atoms with E-state index in [4.69, 9.17) is 5.73 Å². The van der Waals surface area contributed by atoms with Gasteiger partial charge in [0.05, 0.1) is 6.20 Å². The van der Waals surface area contributed by atoms with E-state index in [2.05, 4.69) is 30.0 Å². The van der Waals surface area contributed by atoms with Crippen LogP contribution in [0.3, 0.4) is 0 Å². The number of aryl methyl sites for hydroxylation is 1. The van der Waals surface area contributed by atoms with Crippen LogP contribution in [-0.2, 0) is 13.1 Å². The zero-order valence-electron chi connectivity index (χ0n) is 11.4. The van der Waals surface area contributed by atoms with Crippen molar-refractivity contribution in [3.63, 3.8) is 0 Å². The largest absolute Gasteiger partial charge is 0.329 e. The summed E-state index contributed by atoms with van der Waals surface area (Å²) in [5, 5.41) is 4.33. The molecule has 104 valence electrons. The molecule has 0 spiro atoms. The Bertz CT molecular complexity index is 353. The van der Waals surface area contributed by atoms with Gasteiger partial charge in [-0.1, -0.05) is 6.92 Å². The number of nitrogens with two attached hydrogens (primary N) is 1. The summed E-state index contributed by atoms with van der Waals surface area (Å²) in [6.07, 6.45) is 6.73. The van der Waals surface area contributed by atoms with Crippen LogP contribution >= 0.6 is 12.4 Å². The lowest BCUT2D eigenvalue weighted by Crippen LogP contribution is -2.47. The molecule has 0 aliphatic carbocycles. The molecule has 4 nitrogen and oxygen atoms in total. The first kappa shape index (κ1) is 15.5. The molecule has 1 aromatic rings. The third-order valence-electron chi connectivity index (χ3n) is 3.87. The van der Waals surface area contributed by atoms with Gasteiger partial charge in [0, 0.05) is 37.4 Å². The Kier molecular flexibility index (Phi) is 6.12. The van der Waals surface area contributed by atoms with E-state index in [9.17, 15) is 0 Å². The zero-order chi connectivity index (χ0) is 12.3. The molecule has 2 heterocycles. The minimum absolute atomic E-state index is 0. The lowest BCUT2D eigenvalue weighted by atomic mass is 9.90. The number of hydrogen-bond acceptors (Lipinski definition) is 3. The third-order valence-corrected chi connectivity index (χ3v) is 3.87. The van der Waals surface area contributed by atoms with Crippen molar-refractivity contribution in [2.45, 2.75) is 45.8 Å². The van der Waals surface area contributed by atoms with Crippen LogP contribution in [0, 0.1) is 5.92 Å². The molecule has 0 saturated carbocycles. The van der Waals surface area contributed by atoms with E-state index in [0.717, 1.165) is 25.6 Å². The summed E-state index contributed by atoms with van der Waals surface area (Å²) in [6.45, 7) is 8.30. The Hall–Kier alpha value is -0.580. The van der Waals surface area contributed by atoms with Gasteiger partial charge < -0.3 is 5.73 Å². The van der Waals surface area contributed by atoms with Crippen molar-refractivity contribution in [1.82, 2.24) is 14.7 Å². The topological polar surface area (TPSA) is 47.1 Å². The lowest BCUT2D eigenvalue weighted by Gasteiger charge is -2.39. The second-order valence-electron chi connectivity index (χ2n) is 5.10. The highest BCUT2D eigenvalue weighted by atomic mass is 35.5. The maximum atomic E-state index is 5.91. The summed E-state index contributed by atoms with van der Waals surface area (Å²) in [6, 6.07) is 0.536. The lowest BCUT2D eigenvalue weighted by molar-refractivity contribution is 0.0990. The van der Waals surface area contributed by atoms with Crippen LogP contribution in [0.25, 0.3) is 0 Å². The first-order chi connectivity index (χ1) is 8.24. The van der Waals surface area contributed by atoms with Gasteiger partial charge in [0.15, 0.2) is 0 Å². The standard InChI is InChI=1S/C13H24N4.ClH/c1-3-17-10-12(8-15-17)9-16-6-4-5-11(2)13(16)7-14;/h8,10-11,13H,3-7,9,14H2,1-2H3;1H. The number of nitrogens with zero attached hydrogens (tertiary/aromatic N) is 3. The summed E-state index contributed by atoms with van der Waals surface area (Å²) in [5.74, 6) is 0.718. The van der Waals surface area contributed by atoms with Crippen molar-refractivity contribution < 1.29 is 0 Å². The van der Waals surface area contributed by atoms with Crippen molar-refractivity contribution in [1.29, 1.82) is 0 Å². The monoisotopic (exact) mass is 272 g/mol. The Morgan fingerprint density at radius 3 is 2.89 bits per heavy atom. The molecule has 0 radical (unpaired) electrons. The second-order valence-corrected chi connectivity index (χ2v) is 5.10. The van der Waals surface area contributed by atoms with E-state index in [0.29, 0.717) is 6.04 Å². The molecule has 0 aromatic carbocycles. The highest BCUT2D eigenvalue weighted by Gasteiger charge is 2.27. The molecule has 2 N–H and O–H groups in total. The molecular formula is C13H25ClN4. The van der Waals surface area contributed by atoms with Gasteiger partial charge in [-0.25, -0.2) is 0 Å². The predicted octanol–water partition coefficient (Wildman–Crippen LogP) is 1.88. The number of rotatable bonds is 4. The van der Waals surface area contributed by atoms with E-state index in [1.807, 2.05) is 10.9 Å². The van der Waals surface area contributed by atoms with Crippen molar-refractivity contribution in [3.05, 3.63) is 18.0 Å². The quantitative estimate of drug-likeness (QED) is 0.911. The van der Waals surface area contributed by atoms with E-state index < -0.39 is 0 Å². The van der Waals surface area contributed by atoms with Gasteiger partial charge >= 0.3 is 0 Å². The van der Waals surface area contributed by atoms with E-state index in [1.54, 1.807) is 0 Å². The van der Waals surface area contributed by atoms with Crippen molar-refractivity contribution in [2.75, 3.05) is 13.1 Å². The fourth-order valence-electron chi connectivity index (χ4n) is 2.81. The Morgan fingerprint density at radius 2 is 2.28 bits per heavy atom. The zero-order valence-corrected chi connectivity index (χ0v) is 12.2. The Labute approximate surface area is 116 Å². The van der Waals surface area contributed by atoms with E-state index >= 15 is 0 Å². The number of halogens is 1. The first-order valence-corrected chi connectivity index (χ1v) is 6.70. The second kappa shape index (κ2) is 7.12. The molecular weight excluding hydrogens is 248 g/mol. The number of aromatic nitrogens is 2. The summed E-state index contributed by atoms with van der Waals surface area (Å²) in [4.78, 5) is 2.52. The van der Waals surface area contributed by atoms with Crippen molar-refractivity contribution in [3.8, 4) is 0 Å². The average Bonchev–Trinajstić information content (AvgIpc) is 2.77. The van der Waals surface area contributed by atoms with Crippen LogP contribution < -0.4 is 5.73 Å². The number of hydrogen-bond donors (Lipinski definition) is 1. The third kappa shape index (κ3) is 3.46. The molecule has 0 amide bonds. The maximum Gasteiger partial charge on any atom is 0.0534 e. The van der Waals surface area contributed by atoms with Crippen molar-refractivity contribution >= 4 is 12.4 Å². The summed E-state index contributed by atoms with van der Waals surface area (Å²) in [5.41, 5.74) is 7.21. The fraction of sp³-hybridized carbons (Fsp3) is 0.769. The minimum Gasteiger partial charge on any atom is -0.329 e. The molecule has 1 fully saturated rings. The van der Waals surface area contributed by atoms with Gasteiger partial charge in [0.1, 0.15) is 0 Å². The number of likely N-dealkylation sites (tertiary alicyclic amines) is 1. The van der Waals surface area contributed by atoms with Crippen LogP contribution in [0.1, 0.15) is 32.3 Å². The van der Waals surface area contributed by atoms with Gasteiger partial charge in [-0.3, -0.25) is 9.58 Å². The van der Waals surface area contributed by atoms with Gasteiger partial charge in [-0.15, -0.1) is 12.4 Å². The molecule has 2 unspecified atom stereocenters. The van der Waals surface area contributed by atoms with Gasteiger partial charge in [0.25, 0.3) is 0 Å². The normalized spacial score (nSPS) is 24.8. The molecule has 2 rings (SSSR count). The SMILES string of the molecule is CCn1cc(CN2CCCC(C)C2CN)cn1.Cl. The highest BCUT2D eigenvalue weighted by Crippen LogP contribution is 2.24. The van der Waals surface area contributed by atoms with Gasteiger partial charge in [0.2, 0.25) is 0 Å². The van der Waals surface area contributed by atoms with Crippen LogP contribution in [0.2, 0.25) is 0 Å². The number of piperidine rings is 1. The summed E-state index contributed by atoms with van der Waals surface area (Å²) >= 11 is 0.